The van der Waals surface area contributed by atoms with E-state index in [1.807, 2.05) is 24.3 Å². The summed E-state index contributed by atoms with van der Waals surface area (Å²) in [6, 6.07) is 7.98. The average Bonchev–Trinajstić information content (AvgIpc) is 2.13. The van der Waals surface area contributed by atoms with Gasteiger partial charge in [0.2, 0.25) is 0 Å². The van der Waals surface area contributed by atoms with Crippen LogP contribution in [0, 0.1) is 5.92 Å². The third-order valence-corrected chi connectivity index (χ3v) is 3.11. The van der Waals surface area contributed by atoms with Gasteiger partial charge in [0.1, 0.15) is 5.75 Å². The van der Waals surface area contributed by atoms with Crippen molar-refractivity contribution in [1.82, 2.24) is 4.90 Å². The zero-order valence-electron chi connectivity index (χ0n) is 8.24. The van der Waals surface area contributed by atoms with Gasteiger partial charge in [0, 0.05) is 19.0 Å². The Labute approximate surface area is 93.0 Å². The highest BCUT2D eigenvalue weighted by atomic mass is 79.9. The summed E-state index contributed by atoms with van der Waals surface area (Å²) in [5.74, 6) is 1.65. The molecule has 2 rings (SSSR count). The number of benzene rings is 1. The van der Waals surface area contributed by atoms with Gasteiger partial charge in [0.05, 0.1) is 11.1 Å². The number of halogens is 1. The molecule has 0 bridgehead atoms. The molecule has 76 valence electrons. The van der Waals surface area contributed by atoms with Crippen molar-refractivity contribution in [1.29, 1.82) is 0 Å². The van der Waals surface area contributed by atoms with Gasteiger partial charge in [-0.1, -0.05) is 12.1 Å². The molecular weight excluding hydrogens is 242 g/mol. The minimum absolute atomic E-state index is 0.701. The maximum absolute atomic E-state index is 5.72. The van der Waals surface area contributed by atoms with Crippen LogP contribution in [0.5, 0.6) is 5.75 Å². The standard InChI is InChI=1S/C11H14BrNO/c1-13-6-9(7-13)8-14-11-5-3-2-4-10(11)12/h2-5,9H,6-8H2,1H3. The van der Waals surface area contributed by atoms with Gasteiger partial charge in [-0.2, -0.15) is 0 Å². The maximum Gasteiger partial charge on any atom is 0.133 e. The number of para-hydroxylation sites is 1. The van der Waals surface area contributed by atoms with Gasteiger partial charge in [-0.05, 0) is 35.1 Å². The first-order valence-corrected chi connectivity index (χ1v) is 5.61. The molecule has 0 atom stereocenters. The van der Waals surface area contributed by atoms with Crippen molar-refractivity contribution in [3.05, 3.63) is 28.7 Å². The summed E-state index contributed by atoms with van der Waals surface area (Å²) in [4.78, 5) is 2.30. The molecule has 0 unspecified atom stereocenters. The van der Waals surface area contributed by atoms with Crippen molar-refractivity contribution in [2.45, 2.75) is 0 Å². The molecule has 1 aliphatic heterocycles. The van der Waals surface area contributed by atoms with Gasteiger partial charge >= 0.3 is 0 Å². The lowest BCUT2D eigenvalue weighted by Crippen LogP contribution is -2.46. The van der Waals surface area contributed by atoms with Crippen LogP contribution in [0.15, 0.2) is 28.7 Å². The lowest BCUT2D eigenvalue weighted by molar-refractivity contribution is 0.0854. The van der Waals surface area contributed by atoms with E-state index in [1.54, 1.807) is 0 Å². The minimum Gasteiger partial charge on any atom is -0.492 e. The summed E-state index contributed by atoms with van der Waals surface area (Å²) in [5, 5.41) is 0. The van der Waals surface area contributed by atoms with Gasteiger partial charge in [-0.3, -0.25) is 0 Å². The van der Waals surface area contributed by atoms with Gasteiger partial charge in [0.15, 0.2) is 0 Å². The van der Waals surface area contributed by atoms with Crippen LogP contribution in [-0.4, -0.2) is 31.6 Å². The molecule has 1 aliphatic rings. The number of hydrogen-bond acceptors (Lipinski definition) is 2. The number of likely N-dealkylation sites (tertiary alicyclic amines) is 1. The Morgan fingerprint density at radius 1 is 1.43 bits per heavy atom. The van der Waals surface area contributed by atoms with Crippen LogP contribution in [0.3, 0.4) is 0 Å². The first-order valence-electron chi connectivity index (χ1n) is 4.81. The van der Waals surface area contributed by atoms with E-state index in [0.717, 1.165) is 29.9 Å². The smallest absolute Gasteiger partial charge is 0.133 e. The van der Waals surface area contributed by atoms with Crippen LogP contribution in [0.25, 0.3) is 0 Å². The molecule has 3 heteroatoms. The Hall–Kier alpha value is -0.540. The van der Waals surface area contributed by atoms with E-state index in [-0.39, 0.29) is 0 Å². The highest BCUT2D eigenvalue weighted by Gasteiger charge is 2.23. The fourth-order valence-electron chi connectivity index (χ4n) is 1.70. The summed E-state index contributed by atoms with van der Waals surface area (Å²) >= 11 is 3.46. The van der Waals surface area contributed by atoms with Crippen molar-refractivity contribution in [3.63, 3.8) is 0 Å². The third kappa shape index (κ3) is 2.28. The van der Waals surface area contributed by atoms with Crippen LogP contribution >= 0.6 is 15.9 Å². The summed E-state index contributed by atoms with van der Waals surface area (Å²) in [7, 11) is 2.13. The molecule has 0 spiro atoms. The first-order chi connectivity index (χ1) is 6.75. The van der Waals surface area contributed by atoms with Crippen LogP contribution < -0.4 is 4.74 Å². The second kappa shape index (κ2) is 4.32. The van der Waals surface area contributed by atoms with Gasteiger partial charge in [-0.15, -0.1) is 0 Å². The Balaban J connectivity index is 1.83. The fraction of sp³-hybridized carbons (Fsp3) is 0.455. The van der Waals surface area contributed by atoms with E-state index in [9.17, 15) is 0 Å². The molecular formula is C11H14BrNO. The fourth-order valence-corrected chi connectivity index (χ4v) is 2.10. The summed E-state index contributed by atoms with van der Waals surface area (Å²) in [5.41, 5.74) is 0. The summed E-state index contributed by atoms with van der Waals surface area (Å²) in [6.45, 7) is 3.14. The second-order valence-corrected chi connectivity index (χ2v) is 4.68. The van der Waals surface area contributed by atoms with Crippen LogP contribution in [0.2, 0.25) is 0 Å². The topological polar surface area (TPSA) is 12.5 Å². The normalized spacial score (nSPS) is 17.9. The maximum atomic E-state index is 5.72. The lowest BCUT2D eigenvalue weighted by atomic mass is 10.0. The number of ether oxygens (including phenoxy) is 1. The monoisotopic (exact) mass is 255 g/mol. The number of hydrogen-bond donors (Lipinski definition) is 0. The average molecular weight is 256 g/mol. The van der Waals surface area contributed by atoms with Gasteiger partial charge in [0.25, 0.3) is 0 Å². The molecule has 1 fully saturated rings. The highest BCUT2D eigenvalue weighted by molar-refractivity contribution is 9.10. The van der Waals surface area contributed by atoms with E-state index in [4.69, 9.17) is 4.74 Å². The number of nitrogens with zero attached hydrogens (tertiary/aromatic N) is 1. The van der Waals surface area contributed by atoms with E-state index >= 15 is 0 Å². The molecule has 1 aromatic carbocycles. The lowest BCUT2D eigenvalue weighted by Gasteiger charge is -2.35. The number of rotatable bonds is 3. The van der Waals surface area contributed by atoms with E-state index in [1.165, 1.54) is 0 Å². The summed E-state index contributed by atoms with van der Waals surface area (Å²) in [6.07, 6.45) is 0. The Morgan fingerprint density at radius 3 is 2.79 bits per heavy atom. The third-order valence-electron chi connectivity index (χ3n) is 2.45. The van der Waals surface area contributed by atoms with Crippen LogP contribution in [-0.2, 0) is 0 Å². The molecule has 0 N–H and O–H groups in total. The Morgan fingerprint density at radius 2 is 2.14 bits per heavy atom. The molecule has 1 heterocycles. The largest absolute Gasteiger partial charge is 0.492 e. The summed E-state index contributed by atoms with van der Waals surface area (Å²) < 4.78 is 6.75. The van der Waals surface area contributed by atoms with Crippen molar-refractivity contribution in [2.24, 2.45) is 5.92 Å². The predicted octanol–water partition coefficient (Wildman–Crippen LogP) is 2.39. The van der Waals surface area contributed by atoms with Crippen molar-refractivity contribution in [2.75, 3.05) is 26.7 Å². The van der Waals surface area contributed by atoms with E-state index in [2.05, 4.69) is 27.9 Å². The van der Waals surface area contributed by atoms with Gasteiger partial charge < -0.3 is 9.64 Å². The highest BCUT2D eigenvalue weighted by Crippen LogP contribution is 2.25. The van der Waals surface area contributed by atoms with E-state index in [0.29, 0.717) is 5.92 Å². The molecule has 0 radical (unpaired) electrons. The SMILES string of the molecule is CN1CC(COc2ccccc2Br)C1. The zero-order valence-corrected chi connectivity index (χ0v) is 9.83. The zero-order chi connectivity index (χ0) is 9.97. The van der Waals surface area contributed by atoms with Crippen LogP contribution in [0.1, 0.15) is 0 Å². The Bertz CT molecular complexity index is 310. The minimum atomic E-state index is 0.701. The van der Waals surface area contributed by atoms with Crippen molar-refractivity contribution < 1.29 is 4.74 Å². The molecule has 0 saturated carbocycles. The molecule has 0 amide bonds. The first kappa shape index (κ1) is 9.99. The van der Waals surface area contributed by atoms with Crippen molar-refractivity contribution >= 4 is 15.9 Å². The molecule has 2 nitrogen and oxygen atoms in total. The Kier molecular flexibility index (Phi) is 3.08. The molecule has 0 aliphatic carbocycles. The molecule has 0 aromatic heterocycles. The molecule has 14 heavy (non-hydrogen) atoms. The van der Waals surface area contributed by atoms with Gasteiger partial charge in [-0.25, -0.2) is 0 Å². The molecule has 1 saturated heterocycles. The molecule has 1 aromatic rings. The quantitative estimate of drug-likeness (QED) is 0.823. The second-order valence-electron chi connectivity index (χ2n) is 3.83. The van der Waals surface area contributed by atoms with Crippen molar-refractivity contribution in [3.8, 4) is 5.75 Å². The van der Waals surface area contributed by atoms with Crippen LogP contribution in [0.4, 0.5) is 0 Å². The predicted molar refractivity (Wildman–Crippen MR) is 60.6 cm³/mol. The van der Waals surface area contributed by atoms with E-state index < -0.39 is 0 Å².